The number of piperidine rings is 1. The molecule has 17 heteroatoms. The molecular formula is C40H50Cl2N6O7S2. The SMILES string of the molecule is CC=C(Cl)C=CCCOC(=O)c1sc(NC(=O)C2CCC(=O)N2C2CCN(Cc3ccc(Cl)c(C)c3)CC2)nc1C(C)COCNc1nc(C(C)C)c(C(=O)O)s1. The smallest absolute Gasteiger partial charge is 0.350 e. The lowest BCUT2D eigenvalue weighted by Crippen LogP contribution is -2.51. The molecular weight excluding hydrogens is 812 g/mol. The minimum absolute atomic E-state index is 0.0347. The topological polar surface area (TPSA) is 163 Å². The first-order chi connectivity index (χ1) is 27.2. The van der Waals surface area contributed by atoms with Crippen LogP contribution < -0.4 is 10.6 Å². The quantitative estimate of drug-likeness (QED) is 0.0487. The Bertz CT molecular complexity index is 1970. The van der Waals surface area contributed by atoms with Crippen LogP contribution in [0.1, 0.15) is 113 Å². The summed E-state index contributed by atoms with van der Waals surface area (Å²) in [4.78, 5) is 65.8. The number of allylic oxidation sites excluding steroid dienone is 3. The third-order valence-electron chi connectivity index (χ3n) is 9.83. The Balaban J connectivity index is 1.23. The molecule has 0 spiro atoms. The van der Waals surface area contributed by atoms with Gasteiger partial charge in [-0.1, -0.05) is 90.9 Å². The summed E-state index contributed by atoms with van der Waals surface area (Å²) >= 11 is 14.3. The predicted octanol–water partition coefficient (Wildman–Crippen LogP) is 8.41. The Labute approximate surface area is 351 Å². The molecule has 2 amide bonds. The number of ether oxygens (including phenoxy) is 2. The molecule has 3 aromatic rings. The van der Waals surface area contributed by atoms with Crippen LogP contribution in [-0.4, -0.2) is 93.7 Å². The fourth-order valence-electron chi connectivity index (χ4n) is 6.85. The highest BCUT2D eigenvalue weighted by Gasteiger charge is 2.41. The van der Waals surface area contributed by atoms with E-state index in [1.165, 1.54) is 5.56 Å². The number of aromatic carboxylic acids is 1. The molecule has 2 saturated heterocycles. The number of amides is 2. The van der Waals surface area contributed by atoms with E-state index in [0.717, 1.165) is 65.7 Å². The largest absolute Gasteiger partial charge is 0.477 e. The van der Waals surface area contributed by atoms with E-state index in [-0.39, 0.29) is 65.0 Å². The molecule has 5 rings (SSSR count). The molecule has 2 unspecified atom stereocenters. The number of carbonyl (C=O) groups excluding carboxylic acids is 3. The van der Waals surface area contributed by atoms with Gasteiger partial charge in [0.25, 0.3) is 0 Å². The Kier molecular flexibility index (Phi) is 16.1. The number of esters is 1. The lowest BCUT2D eigenvalue weighted by atomic mass is 10.0. The van der Waals surface area contributed by atoms with Gasteiger partial charge in [0.05, 0.1) is 24.6 Å². The summed E-state index contributed by atoms with van der Waals surface area (Å²) in [6.45, 7) is 12.1. The van der Waals surface area contributed by atoms with Crippen molar-refractivity contribution < 1.29 is 33.8 Å². The predicted molar refractivity (Wildman–Crippen MR) is 225 cm³/mol. The van der Waals surface area contributed by atoms with E-state index >= 15 is 0 Å². The molecule has 4 heterocycles. The number of carboxylic acid groups (broad SMARTS) is 1. The molecule has 1 aromatic carbocycles. The van der Waals surface area contributed by atoms with Crippen LogP contribution >= 0.6 is 45.9 Å². The number of hydrogen-bond acceptors (Lipinski definition) is 12. The van der Waals surface area contributed by atoms with Crippen LogP contribution in [0.5, 0.6) is 0 Å². The fraction of sp³-hybridized carbons (Fsp3) is 0.500. The van der Waals surface area contributed by atoms with Gasteiger partial charge in [-0.15, -0.1) is 0 Å². The van der Waals surface area contributed by atoms with Crippen molar-refractivity contribution in [3.05, 3.63) is 78.8 Å². The van der Waals surface area contributed by atoms with E-state index in [1.54, 1.807) is 17.1 Å². The van der Waals surface area contributed by atoms with Crippen molar-refractivity contribution in [2.75, 3.05) is 43.7 Å². The number of nitrogens with zero attached hydrogens (tertiary/aromatic N) is 4. The number of halogens is 2. The molecule has 57 heavy (non-hydrogen) atoms. The molecule has 2 fully saturated rings. The summed E-state index contributed by atoms with van der Waals surface area (Å²) in [5.41, 5.74) is 3.13. The summed E-state index contributed by atoms with van der Waals surface area (Å²) in [6, 6.07) is 5.35. The Hall–Kier alpha value is -3.86. The lowest BCUT2D eigenvalue weighted by molar-refractivity contribution is -0.136. The number of carbonyl (C=O) groups is 4. The molecule has 13 nitrogen and oxygen atoms in total. The molecule has 0 aliphatic carbocycles. The third kappa shape index (κ3) is 11.9. The fourth-order valence-corrected chi connectivity index (χ4v) is 8.98. The zero-order valence-corrected chi connectivity index (χ0v) is 36.0. The van der Waals surface area contributed by atoms with Gasteiger partial charge in [-0.25, -0.2) is 19.6 Å². The first-order valence-electron chi connectivity index (χ1n) is 19.1. The van der Waals surface area contributed by atoms with E-state index in [2.05, 4.69) is 31.6 Å². The maximum atomic E-state index is 13.8. The van der Waals surface area contributed by atoms with Gasteiger partial charge in [0, 0.05) is 48.1 Å². The van der Waals surface area contributed by atoms with Crippen molar-refractivity contribution in [1.29, 1.82) is 0 Å². The van der Waals surface area contributed by atoms with Crippen LogP contribution in [0.25, 0.3) is 0 Å². The third-order valence-corrected chi connectivity index (χ3v) is 12.6. The van der Waals surface area contributed by atoms with Crippen molar-refractivity contribution in [3.63, 3.8) is 0 Å². The zero-order chi connectivity index (χ0) is 41.2. The van der Waals surface area contributed by atoms with Gasteiger partial charge in [-0.2, -0.15) is 0 Å². The van der Waals surface area contributed by atoms with Crippen molar-refractivity contribution >= 4 is 79.9 Å². The van der Waals surface area contributed by atoms with Gasteiger partial charge in [0.15, 0.2) is 10.3 Å². The monoisotopic (exact) mass is 860 g/mol. The average molecular weight is 862 g/mol. The van der Waals surface area contributed by atoms with Crippen LogP contribution in [0, 0.1) is 6.92 Å². The molecule has 3 N–H and O–H groups in total. The number of thiazole rings is 2. The van der Waals surface area contributed by atoms with Crippen molar-refractivity contribution in [2.24, 2.45) is 0 Å². The minimum Gasteiger partial charge on any atom is -0.477 e. The maximum Gasteiger partial charge on any atom is 0.350 e. The first-order valence-corrected chi connectivity index (χ1v) is 21.5. The summed E-state index contributed by atoms with van der Waals surface area (Å²) in [5, 5.41) is 17.5. The molecule has 2 aliphatic rings. The molecule has 2 atom stereocenters. The Morgan fingerprint density at radius 2 is 1.79 bits per heavy atom. The summed E-state index contributed by atoms with van der Waals surface area (Å²) in [7, 11) is 0. The van der Waals surface area contributed by atoms with Gasteiger partial charge in [-0.3, -0.25) is 14.5 Å². The van der Waals surface area contributed by atoms with Crippen LogP contribution in [-0.2, 0) is 25.6 Å². The van der Waals surface area contributed by atoms with Gasteiger partial charge in [0.2, 0.25) is 11.8 Å². The molecule has 0 bridgehead atoms. The Morgan fingerprint density at radius 3 is 2.46 bits per heavy atom. The second kappa shape index (κ2) is 20.7. The molecule has 2 aliphatic heterocycles. The maximum absolute atomic E-state index is 13.8. The molecule has 308 valence electrons. The lowest BCUT2D eigenvalue weighted by Gasteiger charge is -2.39. The standard InChI is InChI=1S/C40H50Cl2N6O7S2/c1-6-27(41)9-7-8-18-55-38(53)35-33(25(5)21-54-22-43-39-44-32(23(2)3)34(56-39)37(51)52)45-40(57-35)46-36(50)30-12-13-31(49)48(30)28-14-16-47(17-15-28)20-26-10-11-29(42)24(4)19-26/h6-7,9-11,19,23,25,28,30H,8,12-18,20-22H2,1-5H3,(H,43,44)(H,51,52)(H,45,46,50). The number of anilines is 2. The number of aryl methyl sites for hydroxylation is 1. The molecule has 0 saturated carbocycles. The number of rotatable bonds is 18. The van der Waals surface area contributed by atoms with Crippen molar-refractivity contribution in [1.82, 2.24) is 19.8 Å². The number of nitrogens with one attached hydrogen (secondary N) is 2. The highest BCUT2D eigenvalue weighted by molar-refractivity contribution is 7.18. The normalized spacial score (nSPS) is 17.5. The minimum atomic E-state index is -1.03. The molecule has 2 aromatic heterocycles. The van der Waals surface area contributed by atoms with E-state index in [9.17, 15) is 24.3 Å². The summed E-state index contributed by atoms with van der Waals surface area (Å²) in [5.74, 6) is -2.45. The van der Waals surface area contributed by atoms with Gasteiger partial charge < -0.3 is 30.1 Å². The van der Waals surface area contributed by atoms with Crippen molar-refractivity contribution in [2.45, 2.75) is 97.2 Å². The highest BCUT2D eigenvalue weighted by atomic mass is 35.5. The molecule has 0 radical (unpaired) electrons. The van der Waals surface area contributed by atoms with E-state index in [1.807, 2.05) is 52.8 Å². The van der Waals surface area contributed by atoms with Crippen molar-refractivity contribution in [3.8, 4) is 0 Å². The van der Waals surface area contributed by atoms with Crippen LogP contribution in [0.15, 0.2) is 41.5 Å². The number of hydrogen-bond donors (Lipinski definition) is 3. The van der Waals surface area contributed by atoms with E-state index in [0.29, 0.717) is 34.4 Å². The van der Waals surface area contributed by atoms with Gasteiger partial charge in [-0.05, 0) is 68.7 Å². The zero-order valence-electron chi connectivity index (χ0n) is 32.8. The van der Waals surface area contributed by atoms with Crippen LogP contribution in [0.2, 0.25) is 5.02 Å². The van der Waals surface area contributed by atoms with E-state index in [4.69, 9.17) is 32.7 Å². The van der Waals surface area contributed by atoms with Gasteiger partial charge in [0.1, 0.15) is 22.5 Å². The van der Waals surface area contributed by atoms with E-state index < -0.39 is 23.9 Å². The Morgan fingerprint density at radius 1 is 1.07 bits per heavy atom. The summed E-state index contributed by atoms with van der Waals surface area (Å²) < 4.78 is 11.5. The number of carboxylic acids is 1. The van der Waals surface area contributed by atoms with Gasteiger partial charge >= 0.3 is 11.9 Å². The number of benzene rings is 1. The second-order valence-electron chi connectivity index (χ2n) is 14.5. The van der Waals surface area contributed by atoms with Crippen LogP contribution in [0.3, 0.4) is 0 Å². The average Bonchev–Trinajstić information content (AvgIpc) is 3.92. The number of likely N-dealkylation sites (tertiary alicyclic amines) is 2. The summed E-state index contributed by atoms with van der Waals surface area (Å²) in [6.07, 6.45) is 7.94. The first kappa shape index (κ1) is 44.2. The second-order valence-corrected chi connectivity index (χ2v) is 17.3. The highest BCUT2D eigenvalue weighted by Crippen LogP contribution is 2.33. The number of aromatic nitrogens is 2. The van der Waals surface area contributed by atoms with Crippen LogP contribution in [0.4, 0.5) is 10.3 Å².